The van der Waals surface area contributed by atoms with E-state index in [9.17, 15) is 9.18 Å². The van der Waals surface area contributed by atoms with Crippen LogP contribution in [-0.4, -0.2) is 43.1 Å². The highest BCUT2D eigenvalue weighted by Gasteiger charge is 2.14. The van der Waals surface area contributed by atoms with Crippen molar-refractivity contribution in [2.45, 2.75) is 6.92 Å². The molecule has 0 radical (unpaired) electrons. The van der Waals surface area contributed by atoms with Gasteiger partial charge in [0.15, 0.2) is 0 Å². The Morgan fingerprint density at radius 1 is 1.29 bits per heavy atom. The fourth-order valence-corrected chi connectivity index (χ4v) is 2.29. The number of aromatic nitrogens is 2. The number of nitrogens with one attached hydrogen (secondary N) is 2. The van der Waals surface area contributed by atoms with Crippen LogP contribution in [-0.2, 0) is 0 Å². The average molecular weight is 352 g/mol. The molecule has 0 saturated carbocycles. The lowest BCUT2D eigenvalue weighted by Gasteiger charge is -2.14. The highest BCUT2D eigenvalue weighted by atomic mass is 35.5. The average Bonchev–Trinajstić information content (AvgIpc) is 2.51. The molecule has 1 aromatic heterocycles. The molecule has 0 spiro atoms. The van der Waals surface area contributed by atoms with E-state index in [0.29, 0.717) is 24.7 Å². The monoisotopic (exact) mass is 351 g/mol. The van der Waals surface area contributed by atoms with Crippen LogP contribution in [0.15, 0.2) is 24.3 Å². The van der Waals surface area contributed by atoms with Gasteiger partial charge in [0, 0.05) is 33.3 Å². The van der Waals surface area contributed by atoms with E-state index in [2.05, 4.69) is 20.6 Å². The van der Waals surface area contributed by atoms with E-state index in [1.165, 1.54) is 18.2 Å². The second-order valence-corrected chi connectivity index (χ2v) is 5.74. The van der Waals surface area contributed by atoms with E-state index in [1.807, 2.05) is 25.1 Å². The summed E-state index contributed by atoms with van der Waals surface area (Å²) in [5.41, 5.74) is -0.146. The summed E-state index contributed by atoms with van der Waals surface area (Å²) in [6.45, 7) is 2.53. The van der Waals surface area contributed by atoms with Crippen LogP contribution >= 0.6 is 11.6 Å². The number of hydrogen-bond acceptors (Lipinski definition) is 5. The zero-order valence-corrected chi connectivity index (χ0v) is 14.5. The van der Waals surface area contributed by atoms with E-state index in [-0.39, 0.29) is 10.6 Å². The van der Waals surface area contributed by atoms with Crippen molar-refractivity contribution in [2.75, 3.05) is 37.4 Å². The van der Waals surface area contributed by atoms with Gasteiger partial charge < -0.3 is 15.5 Å². The Kier molecular flexibility index (Phi) is 5.92. The number of halogens is 2. The zero-order chi connectivity index (χ0) is 17.7. The quantitative estimate of drug-likeness (QED) is 0.782. The highest BCUT2D eigenvalue weighted by molar-refractivity contribution is 6.33. The van der Waals surface area contributed by atoms with E-state index in [4.69, 9.17) is 11.6 Å². The second-order valence-electron chi connectivity index (χ2n) is 5.33. The Morgan fingerprint density at radius 3 is 2.71 bits per heavy atom. The number of rotatable bonds is 6. The molecule has 0 aliphatic carbocycles. The predicted molar refractivity (Wildman–Crippen MR) is 93.3 cm³/mol. The Hall–Kier alpha value is -2.41. The number of carbonyl (C=O) groups excluding carboxylic acids is 1. The smallest absolute Gasteiger partial charge is 0.255 e. The van der Waals surface area contributed by atoms with Crippen LogP contribution in [0.3, 0.4) is 0 Å². The molecule has 0 bridgehead atoms. The summed E-state index contributed by atoms with van der Waals surface area (Å²) in [6, 6.07) is 5.94. The number of hydrogen-bond donors (Lipinski definition) is 2. The lowest BCUT2D eigenvalue weighted by atomic mass is 10.2. The van der Waals surface area contributed by atoms with Crippen molar-refractivity contribution in [3.63, 3.8) is 0 Å². The first-order valence-electron chi connectivity index (χ1n) is 7.37. The van der Waals surface area contributed by atoms with Crippen LogP contribution in [0, 0.1) is 12.7 Å². The standard InChI is InChI=1S/C16H19ClFN5O/c1-10-21-13(9-14(22-10)23(2)3)19-7-8-20-16(24)15-11(17)5-4-6-12(15)18/h4-6,9H,7-8H2,1-3H3,(H,20,24)(H,19,21,22). The van der Waals surface area contributed by atoms with E-state index < -0.39 is 11.7 Å². The number of amides is 1. The topological polar surface area (TPSA) is 70.2 Å². The first-order chi connectivity index (χ1) is 11.4. The van der Waals surface area contributed by atoms with E-state index in [1.54, 1.807) is 6.92 Å². The van der Waals surface area contributed by atoms with Gasteiger partial charge in [0.25, 0.3) is 5.91 Å². The predicted octanol–water partition coefficient (Wildman–Crippen LogP) is 2.49. The van der Waals surface area contributed by atoms with Crippen LogP contribution in [0.25, 0.3) is 0 Å². The molecule has 0 aliphatic heterocycles. The third-order valence-electron chi connectivity index (χ3n) is 3.19. The molecule has 6 nitrogen and oxygen atoms in total. The second kappa shape index (κ2) is 7.92. The van der Waals surface area contributed by atoms with Crippen LogP contribution in [0.4, 0.5) is 16.0 Å². The van der Waals surface area contributed by atoms with Crippen LogP contribution < -0.4 is 15.5 Å². The van der Waals surface area contributed by atoms with Crippen molar-refractivity contribution in [1.82, 2.24) is 15.3 Å². The number of aryl methyl sites for hydroxylation is 1. The summed E-state index contributed by atoms with van der Waals surface area (Å²) < 4.78 is 13.7. The maximum Gasteiger partial charge on any atom is 0.255 e. The van der Waals surface area contributed by atoms with Gasteiger partial charge in [-0.15, -0.1) is 0 Å². The zero-order valence-electron chi connectivity index (χ0n) is 13.7. The molecule has 2 aromatic rings. The summed E-state index contributed by atoms with van der Waals surface area (Å²) in [5, 5.41) is 5.81. The largest absolute Gasteiger partial charge is 0.368 e. The van der Waals surface area contributed by atoms with Gasteiger partial charge in [-0.3, -0.25) is 4.79 Å². The van der Waals surface area contributed by atoms with Gasteiger partial charge in [-0.25, -0.2) is 14.4 Å². The third-order valence-corrected chi connectivity index (χ3v) is 3.50. The molecule has 0 fully saturated rings. The third kappa shape index (κ3) is 4.55. The van der Waals surface area contributed by atoms with E-state index in [0.717, 1.165) is 5.82 Å². The van der Waals surface area contributed by atoms with Gasteiger partial charge >= 0.3 is 0 Å². The van der Waals surface area contributed by atoms with Crippen molar-refractivity contribution in [3.8, 4) is 0 Å². The van der Waals surface area contributed by atoms with Crippen LogP contribution in [0.1, 0.15) is 16.2 Å². The molecule has 0 atom stereocenters. The molecular weight excluding hydrogens is 333 g/mol. The molecule has 8 heteroatoms. The molecular formula is C16H19ClFN5O. The number of carbonyl (C=O) groups is 1. The Bertz CT molecular complexity index is 718. The Balaban J connectivity index is 1.90. The summed E-state index contributed by atoms with van der Waals surface area (Å²) in [5.74, 6) is 0.894. The molecule has 1 amide bonds. The minimum absolute atomic E-state index is 0.0857. The molecule has 0 aliphatic rings. The Labute approximate surface area is 145 Å². The number of nitrogens with zero attached hydrogens (tertiary/aromatic N) is 3. The van der Waals surface area contributed by atoms with Crippen LogP contribution in [0.5, 0.6) is 0 Å². The molecule has 1 aromatic carbocycles. The molecule has 128 valence electrons. The molecule has 1 heterocycles. The fourth-order valence-electron chi connectivity index (χ4n) is 2.04. The number of benzene rings is 1. The van der Waals surface area contributed by atoms with Gasteiger partial charge in [0.05, 0.1) is 10.6 Å². The first kappa shape index (κ1) is 17.9. The van der Waals surface area contributed by atoms with Gasteiger partial charge in [-0.1, -0.05) is 17.7 Å². The van der Waals surface area contributed by atoms with Crippen molar-refractivity contribution < 1.29 is 9.18 Å². The van der Waals surface area contributed by atoms with Gasteiger partial charge in [0.2, 0.25) is 0 Å². The molecule has 0 saturated heterocycles. The minimum Gasteiger partial charge on any atom is -0.368 e. The molecule has 0 unspecified atom stereocenters. The number of anilines is 2. The maximum atomic E-state index is 13.7. The minimum atomic E-state index is -0.644. The summed E-state index contributed by atoms with van der Waals surface area (Å²) in [4.78, 5) is 22.5. The van der Waals surface area contributed by atoms with Gasteiger partial charge in [-0.05, 0) is 19.1 Å². The van der Waals surface area contributed by atoms with Crippen molar-refractivity contribution in [2.24, 2.45) is 0 Å². The first-order valence-corrected chi connectivity index (χ1v) is 7.75. The van der Waals surface area contributed by atoms with E-state index >= 15 is 0 Å². The SMILES string of the molecule is Cc1nc(NCCNC(=O)c2c(F)cccc2Cl)cc(N(C)C)n1. The summed E-state index contributed by atoms with van der Waals surface area (Å²) >= 11 is 5.86. The highest BCUT2D eigenvalue weighted by Crippen LogP contribution is 2.18. The lowest BCUT2D eigenvalue weighted by Crippen LogP contribution is -2.30. The molecule has 2 N–H and O–H groups in total. The Morgan fingerprint density at radius 2 is 2.04 bits per heavy atom. The van der Waals surface area contributed by atoms with Crippen LogP contribution in [0.2, 0.25) is 5.02 Å². The van der Waals surface area contributed by atoms with Crippen molar-refractivity contribution in [1.29, 1.82) is 0 Å². The summed E-state index contributed by atoms with van der Waals surface area (Å²) in [6.07, 6.45) is 0. The summed E-state index contributed by atoms with van der Waals surface area (Å²) in [7, 11) is 3.79. The van der Waals surface area contributed by atoms with Crippen molar-refractivity contribution in [3.05, 3.63) is 46.5 Å². The normalized spacial score (nSPS) is 10.4. The maximum absolute atomic E-state index is 13.7. The van der Waals surface area contributed by atoms with Gasteiger partial charge in [-0.2, -0.15) is 0 Å². The van der Waals surface area contributed by atoms with Crippen molar-refractivity contribution >= 4 is 29.1 Å². The lowest BCUT2D eigenvalue weighted by molar-refractivity contribution is 0.0951. The fraction of sp³-hybridized carbons (Fsp3) is 0.312. The molecule has 2 rings (SSSR count). The molecule has 24 heavy (non-hydrogen) atoms. The van der Waals surface area contributed by atoms with Gasteiger partial charge in [0.1, 0.15) is 23.3 Å².